The third kappa shape index (κ3) is 4.29. The molecule has 3 rings (SSSR count). The molecule has 0 atom stereocenters. The van der Waals surface area contributed by atoms with Crippen LogP contribution in [0.1, 0.15) is 38.7 Å². The van der Waals surface area contributed by atoms with Crippen LogP contribution in [0, 0.1) is 5.41 Å². The second kappa shape index (κ2) is 7.55. The van der Waals surface area contributed by atoms with Crippen LogP contribution in [0.25, 0.3) is 0 Å². The van der Waals surface area contributed by atoms with Crippen molar-refractivity contribution in [1.29, 1.82) is 0 Å². The van der Waals surface area contributed by atoms with Crippen molar-refractivity contribution in [2.24, 2.45) is 10.4 Å². The molecule has 0 amide bonds. The fourth-order valence-corrected chi connectivity index (χ4v) is 4.21. The minimum atomic E-state index is 0.0499. The second-order valence-electron chi connectivity index (χ2n) is 8.14. The maximum atomic E-state index is 6.27. The Morgan fingerprint density at radius 2 is 2.04 bits per heavy atom. The largest absolute Gasteiger partial charge is 0.381 e. The molecule has 4 nitrogen and oxygen atoms in total. The van der Waals surface area contributed by atoms with E-state index in [1.807, 2.05) is 19.2 Å². The first kappa shape index (κ1) is 18.5. The lowest BCUT2D eigenvalue weighted by Crippen LogP contribution is -2.49. The van der Waals surface area contributed by atoms with E-state index in [2.05, 4.69) is 41.2 Å². The van der Waals surface area contributed by atoms with Gasteiger partial charge in [-0.2, -0.15) is 0 Å². The molecule has 138 valence electrons. The van der Waals surface area contributed by atoms with Gasteiger partial charge in [-0.05, 0) is 42.4 Å². The van der Waals surface area contributed by atoms with Gasteiger partial charge in [0, 0.05) is 50.3 Å². The van der Waals surface area contributed by atoms with Gasteiger partial charge >= 0.3 is 0 Å². The Morgan fingerprint density at radius 3 is 2.64 bits per heavy atom. The van der Waals surface area contributed by atoms with E-state index in [4.69, 9.17) is 16.3 Å². The van der Waals surface area contributed by atoms with E-state index in [-0.39, 0.29) is 5.41 Å². The van der Waals surface area contributed by atoms with Crippen LogP contribution in [0.3, 0.4) is 0 Å². The number of ether oxygens (including phenoxy) is 1. The highest BCUT2D eigenvalue weighted by molar-refractivity contribution is 6.30. The smallest absolute Gasteiger partial charge is 0.193 e. The van der Waals surface area contributed by atoms with Crippen LogP contribution in [0.15, 0.2) is 29.3 Å². The number of benzene rings is 1. The van der Waals surface area contributed by atoms with Crippen molar-refractivity contribution in [2.75, 3.05) is 39.9 Å². The summed E-state index contributed by atoms with van der Waals surface area (Å²) in [6.45, 7) is 9.23. The van der Waals surface area contributed by atoms with E-state index in [0.717, 1.165) is 56.7 Å². The highest BCUT2D eigenvalue weighted by Gasteiger charge is 2.36. The molecule has 2 aliphatic rings. The summed E-state index contributed by atoms with van der Waals surface area (Å²) in [6.07, 6.45) is 3.21. The molecule has 0 bridgehead atoms. The number of halogens is 1. The summed E-state index contributed by atoms with van der Waals surface area (Å²) in [4.78, 5) is 6.92. The molecule has 0 radical (unpaired) electrons. The van der Waals surface area contributed by atoms with Gasteiger partial charge in [0.1, 0.15) is 0 Å². The van der Waals surface area contributed by atoms with Crippen molar-refractivity contribution in [3.63, 3.8) is 0 Å². The van der Waals surface area contributed by atoms with E-state index in [1.54, 1.807) is 0 Å². The quantitative estimate of drug-likeness (QED) is 0.657. The minimum absolute atomic E-state index is 0.0499. The molecule has 2 saturated heterocycles. The Morgan fingerprint density at radius 1 is 1.28 bits per heavy atom. The van der Waals surface area contributed by atoms with Crippen LogP contribution in [-0.4, -0.2) is 50.8 Å². The van der Waals surface area contributed by atoms with Gasteiger partial charge in [-0.15, -0.1) is 0 Å². The first-order chi connectivity index (χ1) is 11.9. The van der Waals surface area contributed by atoms with Gasteiger partial charge in [0.15, 0.2) is 5.96 Å². The topological polar surface area (TPSA) is 36.9 Å². The van der Waals surface area contributed by atoms with Gasteiger partial charge in [-0.3, -0.25) is 4.99 Å². The van der Waals surface area contributed by atoms with Crippen LogP contribution in [0.2, 0.25) is 5.02 Å². The molecule has 1 N–H and O–H groups in total. The Labute approximate surface area is 156 Å². The third-order valence-electron chi connectivity index (χ3n) is 5.66. The van der Waals surface area contributed by atoms with Gasteiger partial charge in [0.25, 0.3) is 0 Å². The molecule has 2 aliphatic heterocycles. The van der Waals surface area contributed by atoms with Crippen LogP contribution >= 0.6 is 11.6 Å². The number of hydrogen-bond donors (Lipinski definition) is 1. The first-order valence-corrected chi connectivity index (χ1v) is 9.61. The molecule has 2 heterocycles. The van der Waals surface area contributed by atoms with Gasteiger partial charge in [0.2, 0.25) is 0 Å². The number of nitrogens with zero attached hydrogens (tertiary/aromatic N) is 2. The highest BCUT2D eigenvalue weighted by Crippen LogP contribution is 2.36. The number of nitrogens with one attached hydrogen (secondary N) is 1. The zero-order chi connectivity index (χ0) is 17.9. The molecule has 0 aromatic heterocycles. The number of aliphatic imine (C=N–C) groups is 1. The summed E-state index contributed by atoms with van der Waals surface area (Å²) in [7, 11) is 1.88. The van der Waals surface area contributed by atoms with Crippen LogP contribution in [0.5, 0.6) is 0 Å². The zero-order valence-corrected chi connectivity index (χ0v) is 16.4. The lowest BCUT2D eigenvalue weighted by Gasteiger charge is -2.39. The summed E-state index contributed by atoms with van der Waals surface area (Å²) >= 11 is 6.27. The third-order valence-corrected chi connectivity index (χ3v) is 5.90. The predicted molar refractivity (Wildman–Crippen MR) is 105 cm³/mol. The first-order valence-electron chi connectivity index (χ1n) is 9.24. The standard InChI is InChI=1S/C20H30ClN3O/c1-19(2)7-10-24(15-19)18(22-3)23-14-20(8-11-25-12-9-20)16-5-4-6-17(21)13-16/h4-6,13H,7-12,14-15H2,1-3H3,(H,22,23). The lowest BCUT2D eigenvalue weighted by molar-refractivity contribution is 0.0512. The summed E-state index contributed by atoms with van der Waals surface area (Å²) in [5.41, 5.74) is 1.71. The maximum absolute atomic E-state index is 6.27. The molecule has 0 unspecified atom stereocenters. The Kier molecular flexibility index (Phi) is 5.59. The molecule has 5 heteroatoms. The van der Waals surface area contributed by atoms with Gasteiger partial charge in [0.05, 0.1) is 0 Å². The summed E-state index contributed by atoms with van der Waals surface area (Å²) in [6, 6.07) is 8.29. The molecule has 0 spiro atoms. The maximum Gasteiger partial charge on any atom is 0.193 e. The van der Waals surface area contributed by atoms with Crippen molar-refractivity contribution in [3.8, 4) is 0 Å². The normalized spacial score (nSPS) is 22.9. The molecular weight excluding hydrogens is 334 g/mol. The average molecular weight is 364 g/mol. The Bertz CT molecular complexity index is 623. The van der Waals surface area contributed by atoms with Crippen LogP contribution in [0.4, 0.5) is 0 Å². The van der Waals surface area contributed by atoms with Crippen molar-refractivity contribution >= 4 is 17.6 Å². The molecule has 0 aliphatic carbocycles. The minimum Gasteiger partial charge on any atom is -0.381 e. The fraction of sp³-hybridized carbons (Fsp3) is 0.650. The van der Waals surface area contributed by atoms with E-state index in [0.29, 0.717) is 5.41 Å². The van der Waals surface area contributed by atoms with Crippen LogP contribution < -0.4 is 5.32 Å². The molecule has 2 fully saturated rings. The van der Waals surface area contributed by atoms with E-state index in [9.17, 15) is 0 Å². The summed E-state index contributed by atoms with van der Waals surface area (Å²) in [5.74, 6) is 1.01. The fourth-order valence-electron chi connectivity index (χ4n) is 4.02. The molecule has 0 saturated carbocycles. The number of hydrogen-bond acceptors (Lipinski definition) is 2. The van der Waals surface area contributed by atoms with Crippen LogP contribution in [-0.2, 0) is 10.2 Å². The van der Waals surface area contributed by atoms with E-state index >= 15 is 0 Å². The van der Waals surface area contributed by atoms with Gasteiger partial charge in [-0.1, -0.05) is 37.6 Å². The monoisotopic (exact) mass is 363 g/mol. The highest BCUT2D eigenvalue weighted by atomic mass is 35.5. The molecular formula is C20H30ClN3O. The number of guanidine groups is 1. The van der Waals surface area contributed by atoms with Crippen molar-refractivity contribution < 1.29 is 4.74 Å². The van der Waals surface area contributed by atoms with E-state index < -0.39 is 0 Å². The number of rotatable bonds is 3. The predicted octanol–water partition coefficient (Wildman–Crippen LogP) is 3.70. The van der Waals surface area contributed by atoms with Crippen molar-refractivity contribution in [1.82, 2.24) is 10.2 Å². The van der Waals surface area contributed by atoms with E-state index in [1.165, 1.54) is 12.0 Å². The molecule has 25 heavy (non-hydrogen) atoms. The van der Waals surface area contributed by atoms with Gasteiger partial charge in [-0.25, -0.2) is 0 Å². The lowest BCUT2D eigenvalue weighted by atomic mass is 9.74. The summed E-state index contributed by atoms with van der Waals surface area (Å²) in [5, 5.41) is 4.45. The Balaban J connectivity index is 1.75. The average Bonchev–Trinajstić information content (AvgIpc) is 2.96. The Hall–Kier alpha value is -1.26. The molecule has 1 aromatic carbocycles. The molecule has 1 aromatic rings. The number of likely N-dealkylation sites (tertiary alicyclic amines) is 1. The van der Waals surface area contributed by atoms with Crippen molar-refractivity contribution in [2.45, 2.75) is 38.5 Å². The van der Waals surface area contributed by atoms with Gasteiger partial charge < -0.3 is 15.0 Å². The SMILES string of the molecule is CN=C(NCC1(c2cccc(Cl)c2)CCOCC1)N1CCC(C)(C)C1. The van der Waals surface area contributed by atoms with Crippen molar-refractivity contribution in [3.05, 3.63) is 34.9 Å². The summed E-state index contributed by atoms with van der Waals surface area (Å²) < 4.78 is 5.64. The zero-order valence-electron chi connectivity index (χ0n) is 15.6. The second-order valence-corrected chi connectivity index (χ2v) is 8.58.